The van der Waals surface area contributed by atoms with Gasteiger partial charge in [0.1, 0.15) is 5.82 Å². The number of hydrogen-bond donors (Lipinski definition) is 2. The fourth-order valence-corrected chi connectivity index (χ4v) is 4.74. The molecule has 0 aliphatic carbocycles. The van der Waals surface area contributed by atoms with Gasteiger partial charge in [-0.1, -0.05) is 19.9 Å². The summed E-state index contributed by atoms with van der Waals surface area (Å²) in [5.74, 6) is -0.619. The maximum atomic E-state index is 13.3. The number of halogens is 1. The average Bonchev–Trinajstić information content (AvgIpc) is 2.63. The molecule has 1 saturated heterocycles. The highest BCUT2D eigenvalue weighted by Crippen LogP contribution is 2.29. The van der Waals surface area contributed by atoms with E-state index in [0.29, 0.717) is 38.8 Å². The maximum Gasteiger partial charge on any atom is 0.240 e. The van der Waals surface area contributed by atoms with Crippen LogP contribution in [0.4, 0.5) is 4.39 Å². The van der Waals surface area contributed by atoms with Gasteiger partial charge in [-0.2, -0.15) is 0 Å². The van der Waals surface area contributed by atoms with E-state index in [9.17, 15) is 17.6 Å². The van der Waals surface area contributed by atoms with Crippen LogP contribution in [-0.2, 0) is 14.8 Å². The van der Waals surface area contributed by atoms with Crippen molar-refractivity contribution >= 4 is 15.9 Å². The minimum absolute atomic E-state index is 0.0142. The highest BCUT2D eigenvalue weighted by Gasteiger charge is 2.39. The van der Waals surface area contributed by atoms with Crippen LogP contribution in [0, 0.1) is 11.2 Å². The molecule has 26 heavy (non-hydrogen) atoms. The van der Waals surface area contributed by atoms with E-state index in [0.717, 1.165) is 6.07 Å². The van der Waals surface area contributed by atoms with E-state index in [1.807, 2.05) is 13.8 Å². The van der Waals surface area contributed by atoms with Crippen molar-refractivity contribution in [2.75, 3.05) is 19.6 Å². The molecule has 1 aromatic rings. The number of nitrogens with zero attached hydrogens (tertiary/aromatic N) is 1. The van der Waals surface area contributed by atoms with Crippen LogP contribution < -0.4 is 10.5 Å². The third kappa shape index (κ3) is 4.42. The van der Waals surface area contributed by atoms with Gasteiger partial charge in [0.15, 0.2) is 0 Å². The molecule has 0 spiro atoms. The molecule has 3 N–H and O–H groups in total. The quantitative estimate of drug-likeness (QED) is 0.749. The first-order valence-corrected chi connectivity index (χ1v) is 10.5. The highest BCUT2D eigenvalue weighted by atomic mass is 32.2. The lowest BCUT2D eigenvalue weighted by Crippen LogP contribution is -2.54. The van der Waals surface area contributed by atoms with Gasteiger partial charge in [-0.25, -0.2) is 17.5 Å². The van der Waals surface area contributed by atoms with Crippen molar-refractivity contribution in [1.82, 2.24) is 9.62 Å². The van der Waals surface area contributed by atoms with E-state index in [4.69, 9.17) is 5.73 Å². The number of amides is 1. The molecule has 0 bridgehead atoms. The molecule has 0 radical (unpaired) electrons. The summed E-state index contributed by atoms with van der Waals surface area (Å²) in [6, 6.07) is 4.50. The van der Waals surface area contributed by atoms with Crippen molar-refractivity contribution in [2.24, 2.45) is 11.1 Å². The second-order valence-corrected chi connectivity index (χ2v) is 8.57. The number of benzene rings is 1. The van der Waals surface area contributed by atoms with Gasteiger partial charge in [0.2, 0.25) is 15.9 Å². The fraction of sp³-hybridized carbons (Fsp3) is 0.611. The van der Waals surface area contributed by atoms with Crippen LogP contribution in [-0.4, -0.2) is 44.9 Å². The standard InChI is InChI=1S/C18H28FN3O3S/c1-3-18(4-2,13-20)17(23)22-10-6-8-15(12-22)21-26(24,25)16-9-5-7-14(19)11-16/h5,7,9,11,15,21H,3-4,6,8,10,12-13,20H2,1-2H3. The molecule has 1 aliphatic heterocycles. The number of carbonyl (C=O) groups excluding carboxylic acids is 1. The molecule has 6 nitrogen and oxygen atoms in total. The van der Waals surface area contributed by atoms with E-state index in [-0.39, 0.29) is 17.3 Å². The zero-order valence-corrected chi connectivity index (χ0v) is 16.2. The maximum absolute atomic E-state index is 13.3. The number of hydrogen-bond acceptors (Lipinski definition) is 4. The van der Waals surface area contributed by atoms with Gasteiger partial charge in [0.05, 0.1) is 10.3 Å². The lowest BCUT2D eigenvalue weighted by molar-refractivity contribution is -0.143. The molecular formula is C18H28FN3O3S. The summed E-state index contributed by atoms with van der Waals surface area (Å²) >= 11 is 0. The number of nitrogens with two attached hydrogens (primary N) is 1. The number of nitrogens with one attached hydrogen (secondary N) is 1. The lowest BCUT2D eigenvalue weighted by Gasteiger charge is -2.39. The SMILES string of the molecule is CCC(CC)(CN)C(=O)N1CCCC(NS(=O)(=O)c2cccc(F)c2)C1. The van der Waals surface area contributed by atoms with E-state index < -0.39 is 27.3 Å². The summed E-state index contributed by atoms with van der Waals surface area (Å²) in [5.41, 5.74) is 5.27. The molecule has 2 rings (SSSR count). The Morgan fingerprint density at radius 1 is 1.38 bits per heavy atom. The summed E-state index contributed by atoms with van der Waals surface area (Å²) in [5, 5.41) is 0. The van der Waals surface area contributed by atoms with Gasteiger partial charge in [0.25, 0.3) is 0 Å². The van der Waals surface area contributed by atoms with E-state index in [1.165, 1.54) is 18.2 Å². The minimum Gasteiger partial charge on any atom is -0.341 e. The Hall–Kier alpha value is -1.51. The summed E-state index contributed by atoms with van der Waals surface area (Å²) in [7, 11) is -3.84. The second kappa shape index (κ2) is 8.45. The average molecular weight is 386 g/mol. The van der Waals surface area contributed by atoms with Gasteiger partial charge < -0.3 is 10.6 Å². The Morgan fingerprint density at radius 3 is 2.65 bits per heavy atom. The first-order chi connectivity index (χ1) is 12.3. The largest absolute Gasteiger partial charge is 0.341 e. The first-order valence-electron chi connectivity index (χ1n) is 9.05. The van der Waals surface area contributed by atoms with Crippen LogP contribution in [0.5, 0.6) is 0 Å². The zero-order valence-electron chi connectivity index (χ0n) is 15.4. The van der Waals surface area contributed by atoms with Crippen molar-refractivity contribution in [2.45, 2.75) is 50.5 Å². The van der Waals surface area contributed by atoms with Gasteiger partial charge in [-0.15, -0.1) is 0 Å². The van der Waals surface area contributed by atoms with E-state index in [1.54, 1.807) is 4.90 Å². The molecule has 1 unspecified atom stereocenters. The number of likely N-dealkylation sites (tertiary alicyclic amines) is 1. The zero-order chi connectivity index (χ0) is 19.4. The summed E-state index contributed by atoms with van der Waals surface area (Å²) in [6.45, 7) is 5.06. The summed E-state index contributed by atoms with van der Waals surface area (Å²) < 4.78 is 40.9. The molecule has 0 aromatic heterocycles. The van der Waals surface area contributed by atoms with Crippen molar-refractivity contribution in [3.8, 4) is 0 Å². The van der Waals surface area contributed by atoms with Crippen molar-refractivity contribution < 1.29 is 17.6 Å². The van der Waals surface area contributed by atoms with Crippen LogP contribution in [0.15, 0.2) is 29.2 Å². The molecule has 1 atom stereocenters. The smallest absolute Gasteiger partial charge is 0.240 e. The third-order valence-electron chi connectivity index (χ3n) is 5.33. The monoisotopic (exact) mass is 385 g/mol. The topological polar surface area (TPSA) is 92.5 Å². The Labute approximate surface area is 155 Å². The van der Waals surface area contributed by atoms with E-state index in [2.05, 4.69) is 4.72 Å². The van der Waals surface area contributed by atoms with Crippen LogP contribution in [0.25, 0.3) is 0 Å². The normalized spacial score (nSPS) is 18.8. The van der Waals surface area contributed by atoms with Crippen LogP contribution in [0.3, 0.4) is 0 Å². The minimum atomic E-state index is -3.84. The molecular weight excluding hydrogens is 357 g/mol. The molecule has 1 amide bonds. The predicted molar refractivity (Wildman–Crippen MR) is 98.4 cm³/mol. The van der Waals surface area contributed by atoms with Crippen LogP contribution >= 0.6 is 0 Å². The number of sulfonamides is 1. The van der Waals surface area contributed by atoms with Gasteiger partial charge >= 0.3 is 0 Å². The molecule has 8 heteroatoms. The molecule has 146 valence electrons. The molecule has 0 saturated carbocycles. The molecule has 1 aliphatic rings. The van der Waals surface area contributed by atoms with Crippen LogP contribution in [0.2, 0.25) is 0 Å². The van der Waals surface area contributed by atoms with Crippen molar-refractivity contribution in [3.05, 3.63) is 30.1 Å². The number of rotatable bonds is 7. The number of carbonyl (C=O) groups is 1. The first kappa shape index (κ1) is 20.8. The van der Waals surface area contributed by atoms with Gasteiger partial charge in [-0.05, 0) is 43.9 Å². The Morgan fingerprint density at radius 2 is 2.08 bits per heavy atom. The number of piperidine rings is 1. The fourth-order valence-electron chi connectivity index (χ4n) is 3.44. The molecule has 1 aromatic carbocycles. The summed E-state index contributed by atoms with van der Waals surface area (Å²) in [4.78, 5) is 14.6. The summed E-state index contributed by atoms with van der Waals surface area (Å²) in [6.07, 6.45) is 2.63. The van der Waals surface area contributed by atoms with Gasteiger partial charge in [0, 0.05) is 25.7 Å². The third-order valence-corrected chi connectivity index (χ3v) is 6.85. The van der Waals surface area contributed by atoms with Crippen molar-refractivity contribution in [1.29, 1.82) is 0 Å². The predicted octanol–water partition coefficient (Wildman–Crippen LogP) is 1.86. The van der Waals surface area contributed by atoms with E-state index >= 15 is 0 Å². The lowest BCUT2D eigenvalue weighted by atomic mass is 9.80. The second-order valence-electron chi connectivity index (χ2n) is 6.86. The van der Waals surface area contributed by atoms with Crippen LogP contribution in [0.1, 0.15) is 39.5 Å². The molecule has 1 heterocycles. The Kier molecular flexibility index (Phi) is 6.76. The van der Waals surface area contributed by atoms with Gasteiger partial charge in [-0.3, -0.25) is 4.79 Å². The van der Waals surface area contributed by atoms with Crippen molar-refractivity contribution in [3.63, 3.8) is 0 Å². The Balaban J connectivity index is 2.12. The Bertz CT molecular complexity index is 727. The molecule has 1 fully saturated rings. The highest BCUT2D eigenvalue weighted by molar-refractivity contribution is 7.89.